The second kappa shape index (κ2) is 6.96. The average Bonchev–Trinajstić information content (AvgIpc) is 3.05. The van der Waals surface area contributed by atoms with Gasteiger partial charge in [0.25, 0.3) is 5.91 Å². The van der Waals surface area contributed by atoms with Crippen molar-refractivity contribution >= 4 is 22.6 Å². The van der Waals surface area contributed by atoms with Crippen LogP contribution < -0.4 is 5.32 Å². The van der Waals surface area contributed by atoms with Crippen LogP contribution in [0.25, 0.3) is 11.0 Å². The van der Waals surface area contributed by atoms with Crippen LogP contribution in [0.15, 0.2) is 36.5 Å². The maximum absolute atomic E-state index is 12.9. The monoisotopic (exact) mass is 347 g/mol. The van der Waals surface area contributed by atoms with Gasteiger partial charge in [-0.05, 0) is 50.1 Å². The second-order valence-corrected chi connectivity index (χ2v) is 6.81. The molecule has 0 bridgehead atoms. The van der Waals surface area contributed by atoms with E-state index in [0.29, 0.717) is 16.8 Å². The number of nitriles is 1. The topological polar surface area (TPSA) is 83.6 Å². The first kappa shape index (κ1) is 17.6. The summed E-state index contributed by atoms with van der Waals surface area (Å²) in [7, 11) is 0. The number of rotatable bonds is 4. The minimum atomic E-state index is -0.215. The van der Waals surface area contributed by atoms with Crippen molar-refractivity contribution in [1.82, 2.24) is 14.8 Å². The highest BCUT2D eigenvalue weighted by Gasteiger charge is 2.19. The number of amides is 1. The Morgan fingerprint density at radius 3 is 2.46 bits per heavy atom. The third-order valence-electron chi connectivity index (χ3n) is 4.18. The number of hydrogen-bond acceptors (Lipinski definition) is 4. The summed E-state index contributed by atoms with van der Waals surface area (Å²) in [4.78, 5) is 17.6. The number of fused-ring (bicyclic) bond motifs is 1. The zero-order valence-corrected chi connectivity index (χ0v) is 15.3. The lowest BCUT2D eigenvalue weighted by Gasteiger charge is -2.12. The van der Waals surface area contributed by atoms with E-state index in [2.05, 4.69) is 16.5 Å². The van der Waals surface area contributed by atoms with E-state index in [1.165, 1.54) is 0 Å². The number of carbonyl (C=O) groups excluding carboxylic acids is 1. The minimum absolute atomic E-state index is 0.150. The van der Waals surface area contributed by atoms with E-state index in [-0.39, 0.29) is 17.9 Å². The molecular formula is C20H21N5O. The Morgan fingerprint density at radius 1 is 1.19 bits per heavy atom. The maximum Gasteiger partial charge on any atom is 0.256 e. The Hall–Kier alpha value is -3.20. The van der Waals surface area contributed by atoms with E-state index in [4.69, 9.17) is 10.2 Å². The fourth-order valence-electron chi connectivity index (χ4n) is 2.73. The van der Waals surface area contributed by atoms with Crippen LogP contribution in [-0.4, -0.2) is 20.7 Å². The molecule has 2 heterocycles. The van der Waals surface area contributed by atoms with Gasteiger partial charge in [-0.2, -0.15) is 10.4 Å². The second-order valence-electron chi connectivity index (χ2n) is 6.81. The van der Waals surface area contributed by atoms with Crippen LogP contribution in [0.2, 0.25) is 0 Å². The standard InChI is InChI=1S/C20H21N5O/c1-12(2)18-9-16(17-11-22-25(13(3)4)19(17)24-18)20(26)23-15-7-5-14(10-21)6-8-15/h5-9,11-13H,1-4H3,(H,23,26). The van der Waals surface area contributed by atoms with Gasteiger partial charge in [0.1, 0.15) is 0 Å². The first-order valence-corrected chi connectivity index (χ1v) is 8.60. The number of carbonyl (C=O) groups is 1. The molecule has 26 heavy (non-hydrogen) atoms. The summed E-state index contributed by atoms with van der Waals surface area (Å²) < 4.78 is 1.83. The van der Waals surface area contributed by atoms with Gasteiger partial charge in [0.05, 0.1) is 28.8 Å². The minimum Gasteiger partial charge on any atom is -0.322 e. The molecule has 6 nitrogen and oxygen atoms in total. The SMILES string of the molecule is CC(C)c1cc(C(=O)Nc2ccc(C#N)cc2)c2cnn(C(C)C)c2n1. The summed E-state index contributed by atoms with van der Waals surface area (Å²) in [6.45, 7) is 8.17. The quantitative estimate of drug-likeness (QED) is 0.764. The molecule has 0 saturated carbocycles. The van der Waals surface area contributed by atoms with Crippen LogP contribution in [0, 0.1) is 11.3 Å². The molecule has 0 unspecified atom stereocenters. The van der Waals surface area contributed by atoms with Crippen molar-refractivity contribution in [3.05, 3.63) is 53.3 Å². The molecule has 132 valence electrons. The van der Waals surface area contributed by atoms with E-state index in [0.717, 1.165) is 16.7 Å². The van der Waals surface area contributed by atoms with Crippen LogP contribution in [0.5, 0.6) is 0 Å². The number of benzene rings is 1. The van der Waals surface area contributed by atoms with Crippen LogP contribution in [-0.2, 0) is 0 Å². The number of pyridine rings is 1. The van der Waals surface area contributed by atoms with E-state index in [9.17, 15) is 4.79 Å². The van der Waals surface area contributed by atoms with E-state index < -0.39 is 0 Å². The molecule has 1 amide bonds. The molecule has 6 heteroatoms. The Morgan fingerprint density at radius 2 is 1.88 bits per heavy atom. The lowest BCUT2D eigenvalue weighted by Crippen LogP contribution is -2.14. The Kier molecular flexibility index (Phi) is 4.72. The molecule has 0 spiro atoms. The number of anilines is 1. The van der Waals surface area contributed by atoms with Gasteiger partial charge in [-0.1, -0.05) is 13.8 Å². The maximum atomic E-state index is 12.9. The fraction of sp³-hybridized carbons (Fsp3) is 0.300. The molecule has 1 N–H and O–H groups in total. The summed E-state index contributed by atoms with van der Waals surface area (Å²) in [5.41, 5.74) is 3.31. The number of hydrogen-bond donors (Lipinski definition) is 1. The molecule has 0 saturated heterocycles. The highest BCUT2D eigenvalue weighted by atomic mass is 16.1. The smallest absolute Gasteiger partial charge is 0.256 e. The normalized spacial score (nSPS) is 11.1. The van der Waals surface area contributed by atoms with Gasteiger partial charge in [0.2, 0.25) is 0 Å². The van der Waals surface area contributed by atoms with Gasteiger partial charge in [0, 0.05) is 17.4 Å². The molecule has 2 aromatic heterocycles. The largest absolute Gasteiger partial charge is 0.322 e. The number of nitrogens with one attached hydrogen (secondary N) is 1. The molecule has 3 aromatic rings. The molecule has 0 aliphatic carbocycles. The number of aromatic nitrogens is 3. The van der Waals surface area contributed by atoms with E-state index in [1.54, 1.807) is 30.5 Å². The predicted octanol–water partition coefficient (Wildman–Crippen LogP) is 4.26. The first-order valence-electron chi connectivity index (χ1n) is 8.60. The van der Waals surface area contributed by atoms with Crippen molar-refractivity contribution in [2.75, 3.05) is 5.32 Å². The fourth-order valence-corrected chi connectivity index (χ4v) is 2.73. The third kappa shape index (κ3) is 3.29. The van der Waals surface area contributed by atoms with Crippen LogP contribution in [0.4, 0.5) is 5.69 Å². The molecule has 0 aliphatic rings. The summed E-state index contributed by atoms with van der Waals surface area (Å²) in [6.07, 6.45) is 1.69. The van der Waals surface area contributed by atoms with Gasteiger partial charge in [0.15, 0.2) is 5.65 Å². The summed E-state index contributed by atoms with van der Waals surface area (Å²) in [5, 5.41) is 16.9. The van der Waals surface area contributed by atoms with Crippen molar-refractivity contribution in [2.24, 2.45) is 0 Å². The molecule has 0 fully saturated rings. The van der Waals surface area contributed by atoms with Crippen molar-refractivity contribution in [3.8, 4) is 6.07 Å². The summed E-state index contributed by atoms with van der Waals surface area (Å²) >= 11 is 0. The average molecular weight is 347 g/mol. The molecule has 3 rings (SSSR count). The first-order chi connectivity index (χ1) is 12.4. The van der Waals surface area contributed by atoms with Gasteiger partial charge in [-0.25, -0.2) is 9.67 Å². The van der Waals surface area contributed by atoms with Crippen molar-refractivity contribution in [3.63, 3.8) is 0 Å². The van der Waals surface area contributed by atoms with E-state index in [1.807, 2.05) is 38.4 Å². The van der Waals surface area contributed by atoms with Gasteiger partial charge in [-0.15, -0.1) is 0 Å². The van der Waals surface area contributed by atoms with Crippen LogP contribution >= 0.6 is 0 Å². The van der Waals surface area contributed by atoms with Crippen LogP contribution in [0.1, 0.15) is 61.3 Å². The highest BCUT2D eigenvalue weighted by molar-refractivity contribution is 6.12. The lowest BCUT2D eigenvalue weighted by molar-refractivity contribution is 0.102. The van der Waals surface area contributed by atoms with Gasteiger partial charge >= 0.3 is 0 Å². The van der Waals surface area contributed by atoms with Crippen LogP contribution in [0.3, 0.4) is 0 Å². The number of nitrogens with zero attached hydrogens (tertiary/aromatic N) is 4. The highest BCUT2D eigenvalue weighted by Crippen LogP contribution is 2.25. The zero-order valence-electron chi connectivity index (χ0n) is 15.3. The Labute approximate surface area is 152 Å². The predicted molar refractivity (Wildman–Crippen MR) is 101 cm³/mol. The Bertz CT molecular complexity index is 993. The van der Waals surface area contributed by atoms with Gasteiger partial charge < -0.3 is 5.32 Å². The van der Waals surface area contributed by atoms with E-state index >= 15 is 0 Å². The lowest BCUT2D eigenvalue weighted by atomic mass is 10.0. The summed E-state index contributed by atoms with van der Waals surface area (Å²) in [6, 6.07) is 10.8. The van der Waals surface area contributed by atoms with Gasteiger partial charge in [-0.3, -0.25) is 4.79 Å². The molecule has 0 aliphatic heterocycles. The molecular weight excluding hydrogens is 326 g/mol. The molecule has 1 aromatic carbocycles. The molecule has 0 atom stereocenters. The molecule has 0 radical (unpaired) electrons. The van der Waals surface area contributed by atoms with Crippen molar-refractivity contribution in [1.29, 1.82) is 5.26 Å². The summed E-state index contributed by atoms with van der Waals surface area (Å²) in [5.74, 6) is -0.0244. The third-order valence-corrected chi connectivity index (χ3v) is 4.18. The van der Waals surface area contributed by atoms with Crippen molar-refractivity contribution < 1.29 is 4.79 Å². The Balaban J connectivity index is 2.04. The van der Waals surface area contributed by atoms with Crippen molar-refractivity contribution in [2.45, 2.75) is 39.7 Å². The zero-order chi connectivity index (χ0) is 18.8.